The number of hydrogen-bond acceptors (Lipinski definition) is 4. The van der Waals surface area contributed by atoms with Gasteiger partial charge in [-0.15, -0.1) is 0 Å². The summed E-state index contributed by atoms with van der Waals surface area (Å²) in [4.78, 5) is 30.1. The van der Waals surface area contributed by atoms with E-state index in [1.165, 1.54) is 0 Å². The zero-order valence-electron chi connectivity index (χ0n) is 22.0. The minimum atomic E-state index is -0.497. The normalized spacial score (nSPS) is 13.6. The highest BCUT2D eigenvalue weighted by atomic mass is 35.5. The molecule has 4 rings (SSSR count). The summed E-state index contributed by atoms with van der Waals surface area (Å²) in [5.74, 6) is 1.65. The lowest BCUT2D eigenvalue weighted by Crippen LogP contribution is -2.34. The van der Waals surface area contributed by atoms with Crippen LogP contribution in [-0.4, -0.2) is 34.5 Å². The van der Waals surface area contributed by atoms with E-state index in [-0.39, 0.29) is 11.8 Å². The van der Waals surface area contributed by atoms with Crippen molar-refractivity contribution in [1.29, 1.82) is 0 Å². The summed E-state index contributed by atoms with van der Waals surface area (Å²) in [6, 6.07) is 7.27. The molecule has 9 heteroatoms. The Labute approximate surface area is 227 Å². The number of nitrogens with one attached hydrogen (secondary N) is 2. The Kier molecular flexibility index (Phi) is 8.05. The summed E-state index contributed by atoms with van der Waals surface area (Å²) < 4.78 is 7.78. The smallest absolute Gasteiger partial charge is 0.255 e. The van der Waals surface area contributed by atoms with E-state index >= 15 is 0 Å². The van der Waals surface area contributed by atoms with Crippen molar-refractivity contribution in [2.45, 2.75) is 53.5 Å². The van der Waals surface area contributed by atoms with Crippen LogP contribution < -0.4 is 15.4 Å². The maximum atomic E-state index is 12.9. The van der Waals surface area contributed by atoms with E-state index in [4.69, 9.17) is 32.9 Å². The molecule has 0 spiro atoms. The fourth-order valence-corrected chi connectivity index (χ4v) is 4.65. The number of halogens is 2. The SMILES string of the molecule is CCOc1cc2c(cc1C(=O)NCC1CC1)nc(Cc1c(Cl)ccc(CNC(=O)C(C)(C)C)c1Cl)n2C. The third kappa shape index (κ3) is 6.21. The van der Waals surface area contributed by atoms with Crippen molar-refractivity contribution in [3.8, 4) is 5.75 Å². The van der Waals surface area contributed by atoms with E-state index in [2.05, 4.69) is 10.6 Å². The van der Waals surface area contributed by atoms with Crippen molar-refractivity contribution in [2.75, 3.05) is 13.2 Å². The second-order valence-electron chi connectivity index (χ2n) is 10.6. The summed E-state index contributed by atoms with van der Waals surface area (Å²) >= 11 is 13.3. The van der Waals surface area contributed by atoms with Gasteiger partial charge in [0.15, 0.2) is 0 Å². The Morgan fingerprint density at radius 3 is 2.54 bits per heavy atom. The average Bonchev–Trinajstić information content (AvgIpc) is 3.63. The molecule has 0 radical (unpaired) electrons. The summed E-state index contributed by atoms with van der Waals surface area (Å²) in [5, 5.41) is 6.99. The lowest BCUT2D eigenvalue weighted by molar-refractivity contribution is -0.128. The molecule has 37 heavy (non-hydrogen) atoms. The summed E-state index contributed by atoms with van der Waals surface area (Å²) in [7, 11) is 1.92. The molecule has 0 bridgehead atoms. The van der Waals surface area contributed by atoms with E-state index in [1.54, 1.807) is 12.1 Å². The van der Waals surface area contributed by atoms with Gasteiger partial charge in [0, 0.05) is 43.1 Å². The van der Waals surface area contributed by atoms with Crippen molar-refractivity contribution in [1.82, 2.24) is 20.2 Å². The predicted molar refractivity (Wildman–Crippen MR) is 148 cm³/mol. The first kappa shape index (κ1) is 27.3. The van der Waals surface area contributed by atoms with Crippen LogP contribution in [0.1, 0.15) is 67.8 Å². The van der Waals surface area contributed by atoms with Crippen LogP contribution in [0.25, 0.3) is 11.0 Å². The molecular formula is C28H34Cl2N4O3. The molecule has 2 amide bonds. The summed E-state index contributed by atoms with van der Waals surface area (Å²) in [5.41, 5.74) is 3.04. The number of aryl methyl sites for hydroxylation is 1. The maximum Gasteiger partial charge on any atom is 0.255 e. The van der Waals surface area contributed by atoms with E-state index in [1.807, 2.05) is 51.4 Å². The number of benzene rings is 2. The van der Waals surface area contributed by atoms with Crippen molar-refractivity contribution >= 4 is 46.0 Å². The molecule has 1 saturated carbocycles. The number of nitrogens with zero attached hydrogens (tertiary/aromatic N) is 2. The molecule has 198 valence electrons. The van der Waals surface area contributed by atoms with Crippen LogP contribution >= 0.6 is 23.2 Å². The van der Waals surface area contributed by atoms with Gasteiger partial charge in [-0.3, -0.25) is 9.59 Å². The van der Waals surface area contributed by atoms with Gasteiger partial charge in [-0.2, -0.15) is 0 Å². The highest BCUT2D eigenvalue weighted by Gasteiger charge is 2.25. The van der Waals surface area contributed by atoms with Crippen LogP contribution in [0.4, 0.5) is 0 Å². The summed E-state index contributed by atoms with van der Waals surface area (Å²) in [6.45, 7) is 8.92. The number of hydrogen-bond donors (Lipinski definition) is 2. The van der Waals surface area contributed by atoms with Crippen LogP contribution in [0.2, 0.25) is 10.0 Å². The van der Waals surface area contributed by atoms with E-state index < -0.39 is 5.41 Å². The Morgan fingerprint density at radius 1 is 1.16 bits per heavy atom. The molecule has 1 aliphatic carbocycles. The molecule has 1 fully saturated rings. The number of fused-ring (bicyclic) bond motifs is 1. The fourth-order valence-electron chi connectivity index (χ4n) is 4.08. The predicted octanol–water partition coefficient (Wildman–Crippen LogP) is 5.67. The molecule has 1 aliphatic rings. The van der Waals surface area contributed by atoms with Crippen LogP contribution in [0.5, 0.6) is 5.75 Å². The second kappa shape index (κ2) is 10.9. The number of imidazole rings is 1. The van der Waals surface area contributed by atoms with Gasteiger partial charge in [-0.05, 0) is 48.9 Å². The Balaban J connectivity index is 1.63. The monoisotopic (exact) mass is 544 g/mol. The molecule has 2 aromatic carbocycles. The minimum Gasteiger partial charge on any atom is -0.493 e. The molecule has 0 saturated heterocycles. The zero-order chi connectivity index (χ0) is 26.9. The zero-order valence-corrected chi connectivity index (χ0v) is 23.5. The lowest BCUT2D eigenvalue weighted by atomic mass is 9.95. The third-order valence-corrected chi connectivity index (χ3v) is 7.41. The highest BCUT2D eigenvalue weighted by molar-refractivity contribution is 6.36. The highest BCUT2D eigenvalue weighted by Crippen LogP contribution is 2.33. The van der Waals surface area contributed by atoms with Gasteiger partial charge in [0.25, 0.3) is 5.91 Å². The first-order chi connectivity index (χ1) is 17.5. The molecule has 1 aromatic heterocycles. The number of amides is 2. The second-order valence-corrected chi connectivity index (χ2v) is 11.4. The minimum absolute atomic E-state index is 0.0579. The number of carbonyl (C=O) groups is 2. The van der Waals surface area contributed by atoms with Gasteiger partial charge in [0.05, 0.1) is 28.2 Å². The van der Waals surface area contributed by atoms with Crippen molar-refractivity contribution < 1.29 is 14.3 Å². The molecule has 1 heterocycles. The summed E-state index contributed by atoms with van der Waals surface area (Å²) in [6.07, 6.45) is 2.71. The van der Waals surface area contributed by atoms with Crippen LogP contribution in [-0.2, 0) is 24.8 Å². The van der Waals surface area contributed by atoms with Crippen molar-refractivity contribution in [2.24, 2.45) is 18.4 Å². The van der Waals surface area contributed by atoms with Crippen LogP contribution in [0, 0.1) is 11.3 Å². The van der Waals surface area contributed by atoms with Crippen LogP contribution in [0.3, 0.4) is 0 Å². The molecular weight excluding hydrogens is 511 g/mol. The Hall–Kier alpha value is -2.77. The van der Waals surface area contributed by atoms with Gasteiger partial charge in [0.2, 0.25) is 5.91 Å². The van der Waals surface area contributed by atoms with Crippen molar-refractivity contribution in [3.05, 3.63) is 56.8 Å². The van der Waals surface area contributed by atoms with Crippen LogP contribution in [0.15, 0.2) is 24.3 Å². The van der Waals surface area contributed by atoms with Gasteiger partial charge < -0.3 is 19.9 Å². The first-order valence-corrected chi connectivity index (χ1v) is 13.4. The Bertz CT molecular complexity index is 1340. The van der Waals surface area contributed by atoms with E-state index in [0.717, 1.165) is 35.3 Å². The van der Waals surface area contributed by atoms with Gasteiger partial charge in [-0.1, -0.05) is 50.0 Å². The van der Waals surface area contributed by atoms with E-state index in [0.29, 0.717) is 58.9 Å². The molecule has 2 N–H and O–H groups in total. The van der Waals surface area contributed by atoms with E-state index in [9.17, 15) is 9.59 Å². The fraction of sp³-hybridized carbons (Fsp3) is 0.464. The number of ether oxygens (including phenoxy) is 1. The lowest BCUT2D eigenvalue weighted by Gasteiger charge is -2.18. The Morgan fingerprint density at radius 2 is 1.89 bits per heavy atom. The molecule has 3 aromatic rings. The first-order valence-electron chi connectivity index (χ1n) is 12.6. The van der Waals surface area contributed by atoms with Gasteiger partial charge in [0.1, 0.15) is 11.6 Å². The molecule has 0 aliphatic heterocycles. The maximum absolute atomic E-state index is 12.9. The van der Waals surface area contributed by atoms with Gasteiger partial charge in [-0.25, -0.2) is 4.98 Å². The topological polar surface area (TPSA) is 85.2 Å². The quantitative estimate of drug-likeness (QED) is 0.363. The standard InChI is InChI=1S/C28H34Cl2N4O3/c1-6-37-23-13-22-21(11-19(23)26(35)31-14-16-7-8-16)33-24(34(22)5)12-18-20(29)10-9-17(25(18)30)15-32-27(36)28(2,3)4/h9-11,13,16H,6-8,12,14-15H2,1-5H3,(H,31,35)(H,32,36). The molecule has 0 atom stereocenters. The van der Waals surface area contributed by atoms with Crippen molar-refractivity contribution in [3.63, 3.8) is 0 Å². The number of carbonyl (C=O) groups excluding carboxylic acids is 2. The molecule has 7 nitrogen and oxygen atoms in total. The largest absolute Gasteiger partial charge is 0.493 e. The number of aromatic nitrogens is 2. The van der Waals surface area contributed by atoms with Gasteiger partial charge >= 0.3 is 0 Å². The number of rotatable bonds is 9. The molecule has 0 unspecified atom stereocenters. The average molecular weight is 546 g/mol. The third-order valence-electron chi connectivity index (χ3n) is 6.59.